The summed E-state index contributed by atoms with van der Waals surface area (Å²) in [5.41, 5.74) is 2.88. The molecule has 1 fully saturated rings. The number of carbonyl (C=O) groups excluding carboxylic acids is 2. The fourth-order valence-electron chi connectivity index (χ4n) is 5.98. The van der Waals surface area contributed by atoms with E-state index in [1.165, 1.54) is 0 Å². The van der Waals surface area contributed by atoms with Crippen molar-refractivity contribution in [3.05, 3.63) is 47.0 Å². The molecule has 52 heavy (non-hydrogen) atoms. The predicted octanol–water partition coefficient (Wildman–Crippen LogP) is 7.15. The highest BCUT2D eigenvalue weighted by molar-refractivity contribution is 6.74. The molecule has 0 unspecified atom stereocenters. The molecule has 1 saturated heterocycles. The third-order valence-corrected chi connectivity index (χ3v) is 20.4. The zero-order valence-electron chi connectivity index (χ0n) is 33.2. The molecule has 1 N–H and O–H groups in total. The SMILES string of the molecule is COc1cc2c(cc1C(=O)Nc1cccc(-c3nnnn3[C@H](C)CO[Si](C)(C)C(C)(C)C)n1)CN(C(=O)N1CC[C@@H](O[Si](C)(C)C(C)(C)C)C1)CC2. The maximum Gasteiger partial charge on any atom is 0.320 e. The Morgan fingerprint density at radius 3 is 2.37 bits per heavy atom. The summed E-state index contributed by atoms with van der Waals surface area (Å²) in [6.07, 6.45) is 1.58. The molecule has 13 nitrogen and oxygen atoms in total. The van der Waals surface area contributed by atoms with Gasteiger partial charge in [-0.1, -0.05) is 47.6 Å². The highest BCUT2D eigenvalue weighted by atomic mass is 28.4. The number of aromatic nitrogens is 5. The Morgan fingerprint density at radius 1 is 0.981 bits per heavy atom. The molecule has 3 aromatic rings. The van der Waals surface area contributed by atoms with Crippen molar-refractivity contribution in [1.82, 2.24) is 35.0 Å². The van der Waals surface area contributed by atoms with Crippen LogP contribution in [0.5, 0.6) is 5.75 Å². The van der Waals surface area contributed by atoms with Gasteiger partial charge in [-0.3, -0.25) is 4.79 Å². The van der Waals surface area contributed by atoms with Crippen molar-refractivity contribution >= 4 is 34.4 Å². The molecule has 0 aliphatic carbocycles. The van der Waals surface area contributed by atoms with Gasteiger partial charge in [-0.25, -0.2) is 14.5 Å². The molecule has 4 heterocycles. The van der Waals surface area contributed by atoms with Gasteiger partial charge in [0.25, 0.3) is 5.91 Å². The zero-order chi connectivity index (χ0) is 38.2. The van der Waals surface area contributed by atoms with Crippen LogP contribution < -0.4 is 10.1 Å². The highest BCUT2D eigenvalue weighted by Crippen LogP contribution is 2.39. The molecule has 2 atom stereocenters. The number of benzene rings is 1. The van der Waals surface area contributed by atoms with E-state index < -0.39 is 16.6 Å². The van der Waals surface area contributed by atoms with Crippen LogP contribution in [-0.2, 0) is 21.8 Å². The largest absolute Gasteiger partial charge is 0.496 e. The number of rotatable bonds is 10. The summed E-state index contributed by atoms with van der Waals surface area (Å²) in [5, 5.41) is 15.6. The van der Waals surface area contributed by atoms with E-state index in [9.17, 15) is 9.59 Å². The summed E-state index contributed by atoms with van der Waals surface area (Å²) in [7, 11) is -2.34. The highest BCUT2D eigenvalue weighted by Gasteiger charge is 2.42. The maximum absolute atomic E-state index is 13.8. The van der Waals surface area contributed by atoms with Gasteiger partial charge < -0.3 is 28.7 Å². The first-order valence-corrected chi connectivity index (χ1v) is 24.1. The summed E-state index contributed by atoms with van der Waals surface area (Å²) in [5.74, 6) is 0.933. The molecule has 2 aliphatic rings. The molecule has 3 amide bonds. The summed E-state index contributed by atoms with van der Waals surface area (Å²) in [4.78, 5) is 35.9. The lowest BCUT2D eigenvalue weighted by Crippen LogP contribution is -2.47. The molecule has 0 saturated carbocycles. The number of fused-ring (bicyclic) bond motifs is 1. The van der Waals surface area contributed by atoms with Gasteiger partial charge >= 0.3 is 6.03 Å². The van der Waals surface area contributed by atoms with Crippen LogP contribution in [0, 0.1) is 0 Å². The van der Waals surface area contributed by atoms with Crippen LogP contribution in [0.3, 0.4) is 0 Å². The molecular weight excluding hydrogens is 693 g/mol. The minimum Gasteiger partial charge on any atom is -0.496 e. The fourth-order valence-corrected chi connectivity index (χ4v) is 8.45. The van der Waals surface area contributed by atoms with Crippen molar-refractivity contribution < 1.29 is 23.2 Å². The summed E-state index contributed by atoms with van der Waals surface area (Å²) < 4.78 is 20.5. The van der Waals surface area contributed by atoms with Crippen LogP contribution >= 0.6 is 0 Å². The number of ether oxygens (including phenoxy) is 1. The van der Waals surface area contributed by atoms with E-state index in [4.69, 9.17) is 18.6 Å². The number of nitrogens with zero attached hydrogens (tertiary/aromatic N) is 7. The van der Waals surface area contributed by atoms with Gasteiger partial charge in [0, 0.05) is 26.2 Å². The Hall–Kier alpha value is -3.67. The number of carbonyl (C=O) groups is 2. The second-order valence-electron chi connectivity index (χ2n) is 17.2. The first kappa shape index (κ1) is 39.5. The molecule has 0 radical (unpaired) electrons. The Kier molecular flexibility index (Phi) is 11.4. The Balaban J connectivity index is 1.27. The van der Waals surface area contributed by atoms with Gasteiger partial charge in [0.15, 0.2) is 16.6 Å². The zero-order valence-corrected chi connectivity index (χ0v) is 35.2. The normalized spacial score (nSPS) is 17.6. The predicted molar refractivity (Wildman–Crippen MR) is 208 cm³/mol. The van der Waals surface area contributed by atoms with E-state index in [2.05, 4.69) is 88.6 Å². The van der Waals surface area contributed by atoms with Crippen LogP contribution in [0.1, 0.15) is 82.4 Å². The average Bonchev–Trinajstić information content (AvgIpc) is 3.75. The first-order valence-electron chi connectivity index (χ1n) is 18.3. The standard InChI is InChI=1S/C37H58N8O5Si2/c1-25(24-49-51(9,10)36(2,3)4)45-33(40-41-42-45)30-14-13-15-32(38-30)39-34(46)29-20-27-22-43(18-16-26(27)21-31(29)48-8)35(47)44-19-17-28(23-44)50-52(11,12)37(5,6)7/h13-15,20-21,25,28H,16-19,22-24H2,1-12H3,(H,38,39,46)/t25-,28-/m1/s1. The third kappa shape index (κ3) is 8.58. The molecule has 0 spiro atoms. The van der Waals surface area contributed by atoms with Crippen molar-refractivity contribution in [1.29, 1.82) is 0 Å². The molecule has 15 heteroatoms. The number of methoxy groups -OCH3 is 1. The van der Waals surface area contributed by atoms with Crippen molar-refractivity contribution in [3.8, 4) is 17.3 Å². The van der Waals surface area contributed by atoms with Crippen LogP contribution in [0.25, 0.3) is 11.5 Å². The molecular formula is C37H58N8O5Si2. The summed E-state index contributed by atoms with van der Waals surface area (Å²) >= 11 is 0. The van der Waals surface area contributed by atoms with E-state index in [1.807, 2.05) is 41.0 Å². The van der Waals surface area contributed by atoms with Crippen molar-refractivity contribution in [2.24, 2.45) is 0 Å². The van der Waals surface area contributed by atoms with Crippen LogP contribution in [0.4, 0.5) is 10.6 Å². The Morgan fingerprint density at radius 2 is 1.69 bits per heavy atom. The topological polar surface area (TPSA) is 137 Å². The summed E-state index contributed by atoms with van der Waals surface area (Å²) in [6.45, 7) is 27.1. The number of nitrogens with one attached hydrogen (secondary N) is 1. The smallest absolute Gasteiger partial charge is 0.320 e. The Labute approximate surface area is 311 Å². The van der Waals surface area contributed by atoms with E-state index in [-0.39, 0.29) is 34.2 Å². The van der Waals surface area contributed by atoms with Gasteiger partial charge in [0.2, 0.25) is 5.82 Å². The number of urea groups is 1. The Bertz CT molecular complexity index is 1770. The number of tetrazole rings is 1. The van der Waals surface area contributed by atoms with Gasteiger partial charge in [-0.15, -0.1) is 5.10 Å². The van der Waals surface area contributed by atoms with Gasteiger partial charge in [0.1, 0.15) is 17.3 Å². The molecule has 1 aromatic carbocycles. The number of likely N-dealkylation sites (tertiary alicyclic amines) is 1. The third-order valence-electron chi connectivity index (χ3n) is 11.4. The number of hydrogen-bond donors (Lipinski definition) is 1. The van der Waals surface area contributed by atoms with Crippen molar-refractivity contribution in [2.45, 2.75) is 116 Å². The maximum atomic E-state index is 13.8. The van der Waals surface area contributed by atoms with E-state index >= 15 is 0 Å². The lowest BCUT2D eigenvalue weighted by Gasteiger charge is -2.38. The molecule has 2 aromatic heterocycles. The molecule has 2 aliphatic heterocycles. The molecule has 0 bridgehead atoms. The fraction of sp³-hybridized carbons (Fsp3) is 0.622. The van der Waals surface area contributed by atoms with E-state index in [0.29, 0.717) is 67.9 Å². The van der Waals surface area contributed by atoms with Gasteiger partial charge in [-0.05, 0) is 102 Å². The van der Waals surface area contributed by atoms with Gasteiger partial charge in [-0.2, -0.15) is 0 Å². The second-order valence-corrected chi connectivity index (χ2v) is 26.8. The van der Waals surface area contributed by atoms with E-state index in [1.54, 1.807) is 17.9 Å². The number of hydrogen-bond acceptors (Lipinski definition) is 9. The van der Waals surface area contributed by atoms with Crippen molar-refractivity contribution in [3.63, 3.8) is 0 Å². The van der Waals surface area contributed by atoms with Crippen LogP contribution in [-0.4, -0.2) is 103 Å². The molecule has 284 valence electrons. The second kappa shape index (κ2) is 15.0. The average molecular weight is 751 g/mol. The van der Waals surface area contributed by atoms with Gasteiger partial charge in [0.05, 0.1) is 31.4 Å². The quantitative estimate of drug-likeness (QED) is 0.214. The number of amides is 3. The minimum absolute atomic E-state index is 0.0121. The molecule has 5 rings (SSSR count). The van der Waals surface area contributed by atoms with E-state index in [0.717, 1.165) is 17.5 Å². The first-order chi connectivity index (χ1) is 24.2. The number of anilines is 1. The lowest BCUT2D eigenvalue weighted by atomic mass is 9.96. The lowest BCUT2D eigenvalue weighted by molar-refractivity contribution is 0.102. The number of pyridine rings is 1. The minimum atomic E-state index is -1.97. The van der Waals surface area contributed by atoms with Crippen molar-refractivity contribution in [2.75, 3.05) is 38.7 Å². The summed E-state index contributed by atoms with van der Waals surface area (Å²) in [6, 6.07) is 8.98. The van der Waals surface area contributed by atoms with Crippen LogP contribution in [0.15, 0.2) is 30.3 Å². The monoisotopic (exact) mass is 750 g/mol. The van der Waals surface area contributed by atoms with Crippen LogP contribution in [0.2, 0.25) is 36.3 Å².